The lowest BCUT2D eigenvalue weighted by Crippen LogP contribution is -1.99. The van der Waals surface area contributed by atoms with Crippen LogP contribution in [0, 0.1) is 11.6 Å². The highest BCUT2D eigenvalue weighted by Crippen LogP contribution is 2.30. The fourth-order valence-corrected chi connectivity index (χ4v) is 2.81. The number of benzene rings is 2. The fourth-order valence-electron chi connectivity index (χ4n) is 2.12. The Balaban J connectivity index is 2.18. The number of aldehydes is 1. The smallest absolute Gasteiger partial charge is 0.160 e. The Morgan fingerprint density at radius 2 is 1.78 bits per heavy atom. The van der Waals surface area contributed by atoms with Crippen molar-refractivity contribution >= 4 is 33.8 Å². The van der Waals surface area contributed by atoms with Gasteiger partial charge in [0.05, 0.1) is 11.3 Å². The van der Waals surface area contributed by atoms with Gasteiger partial charge in [-0.1, -0.05) is 23.7 Å². The van der Waals surface area contributed by atoms with Crippen molar-refractivity contribution in [3.8, 4) is 16.9 Å². The van der Waals surface area contributed by atoms with E-state index in [1.807, 2.05) is 0 Å². The van der Waals surface area contributed by atoms with E-state index >= 15 is 0 Å². The predicted octanol–water partition coefficient (Wildman–Crippen LogP) is 5.05. The molecule has 1 aromatic heterocycles. The minimum Gasteiger partial charge on any atom is -0.298 e. The van der Waals surface area contributed by atoms with Crippen molar-refractivity contribution < 1.29 is 13.6 Å². The van der Waals surface area contributed by atoms with Crippen LogP contribution in [0.4, 0.5) is 8.78 Å². The number of hydrogen-bond acceptors (Lipinski definition) is 2. The molecule has 0 saturated carbocycles. The van der Waals surface area contributed by atoms with E-state index in [2.05, 4.69) is 21.0 Å². The highest BCUT2D eigenvalue weighted by atomic mass is 79.9. The van der Waals surface area contributed by atoms with Gasteiger partial charge in [0.1, 0.15) is 10.3 Å². The Bertz CT molecular complexity index is 894. The molecule has 1 heterocycles. The molecule has 7 heteroatoms. The van der Waals surface area contributed by atoms with Gasteiger partial charge in [-0.25, -0.2) is 13.5 Å². The highest BCUT2D eigenvalue weighted by Gasteiger charge is 2.18. The number of aromatic nitrogens is 2. The summed E-state index contributed by atoms with van der Waals surface area (Å²) in [5.74, 6) is -1.95. The van der Waals surface area contributed by atoms with Crippen molar-refractivity contribution in [2.75, 3.05) is 0 Å². The van der Waals surface area contributed by atoms with Crippen molar-refractivity contribution in [3.63, 3.8) is 0 Å². The van der Waals surface area contributed by atoms with Crippen molar-refractivity contribution in [3.05, 3.63) is 69.3 Å². The standard InChI is InChI=1S/C16H8BrClF2N2O/c17-16-12(8-23)15(9-1-3-10(18)4-2-9)21-22(16)11-5-6-13(19)14(20)7-11/h1-8H. The molecule has 0 atom stereocenters. The first-order valence-corrected chi connectivity index (χ1v) is 7.63. The molecule has 3 nitrogen and oxygen atoms in total. The van der Waals surface area contributed by atoms with Crippen LogP contribution in [-0.2, 0) is 0 Å². The second-order valence-electron chi connectivity index (χ2n) is 4.69. The zero-order chi connectivity index (χ0) is 16.6. The third kappa shape index (κ3) is 2.92. The molecule has 0 radical (unpaired) electrons. The second kappa shape index (κ2) is 6.22. The summed E-state index contributed by atoms with van der Waals surface area (Å²) < 4.78 is 28.2. The molecule has 0 aliphatic heterocycles. The van der Waals surface area contributed by atoms with E-state index in [0.717, 1.165) is 12.1 Å². The molecule has 116 valence electrons. The Kier molecular flexibility index (Phi) is 4.28. The lowest BCUT2D eigenvalue weighted by Gasteiger charge is -2.03. The van der Waals surface area contributed by atoms with Gasteiger partial charge in [0.15, 0.2) is 17.9 Å². The summed E-state index contributed by atoms with van der Waals surface area (Å²) in [4.78, 5) is 11.4. The Labute approximate surface area is 143 Å². The van der Waals surface area contributed by atoms with Crippen LogP contribution in [0.5, 0.6) is 0 Å². The van der Waals surface area contributed by atoms with E-state index in [9.17, 15) is 13.6 Å². The van der Waals surface area contributed by atoms with Crippen molar-refractivity contribution in [2.24, 2.45) is 0 Å². The van der Waals surface area contributed by atoms with Gasteiger partial charge in [-0.3, -0.25) is 4.79 Å². The normalized spacial score (nSPS) is 10.8. The fraction of sp³-hybridized carbons (Fsp3) is 0. The Hall–Kier alpha value is -2.05. The summed E-state index contributed by atoms with van der Waals surface area (Å²) in [6, 6.07) is 10.2. The topological polar surface area (TPSA) is 34.9 Å². The molecule has 2 aromatic carbocycles. The number of rotatable bonds is 3. The van der Waals surface area contributed by atoms with E-state index < -0.39 is 11.6 Å². The molecule has 0 aliphatic carbocycles. The second-order valence-corrected chi connectivity index (χ2v) is 5.88. The summed E-state index contributed by atoms with van der Waals surface area (Å²) in [5, 5.41) is 4.88. The van der Waals surface area contributed by atoms with Crippen molar-refractivity contribution in [1.82, 2.24) is 9.78 Å². The number of nitrogens with zero attached hydrogens (tertiary/aromatic N) is 2. The zero-order valence-electron chi connectivity index (χ0n) is 11.4. The van der Waals surface area contributed by atoms with Gasteiger partial charge in [0, 0.05) is 16.7 Å². The quantitative estimate of drug-likeness (QED) is 0.580. The highest BCUT2D eigenvalue weighted by molar-refractivity contribution is 9.10. The first kappa shape index (κ1) is 15.8. The first-order valence-electron chi connectivity index (χ1n) is 6.46. The van der Waals surface area contributed by atoms with Crippen LogP contribution in [0.3, 0.4) is 0 Å². The SMILES string of the molecule is O=Cc1c(-c2ccc(Cl)cc2)nn(-c2ccc(F)c(F)c2)c1Br. The molecule has 0 fully saturated rings. The van der Waals surface area contributed by atoms with E-state index in [1.54, 1.807) is 24.3 Å². The summed E-state index contributed by atoms with van der Waals surface area (Å²) in [6.45, 7) is 0. The summed E-state index contributed by atoms with van der Waals surface area (Å²) in [7, 11) is 0. The lowest BCUT2D eigenvalue weighted by atomic mass is 10.1. The molecule has 0 N–H and O–H groups in total. The van der Waals surface area contributed by atoms with Gasteiger partial charge in [0.2, 0.25) is 0 Å². The monoisotopic (exact) mass is 396 g/mol. The molecular formula is C16H8BrClF2N2O. The largest absolute Gasteiger partial charge is 0.298 e. The van der Waals surface area contributed by atoms with Crippen LogP contribution in [0.2, 0.25) is 5.02 Å². The Morgan fingerprint density at radius 3 is 2.39 bits per heavy atom. The first-order chi connectivity index (χ1) is 11.0. The van der Waals surface area contributed by atoms with Crippen molar-refractivity contribution in [2.45, 2.75) is 0 Å². The van der Waals surface area contributed by atoms with Crippen LogP contribution >= 0.6 is 27.5 Å². The van der Waals surface area contributed by atoms with Crippen molar-refractivity contribution in [1.29, 1.82) is 0 Å². The van der Waals surface area contributed by atoms with Gasteiger partial charge in [-0.15, -0.1) is 0 Å². The van der Waals surface area contributed by atoms with Crippen LogP contribution in [-0.4, -0.2) is 16.1 Å². The molecule has 0 amide bonds. The van der Waals surface area contributed by atoms with Gasteiger partial charge >= 0.3 is 0 Å². The lowest BCUT2D eigenvalue weighted by molar-refractivity contribution is 0.112. The molecule has 0 aliphatic rings. The number of halogens is 4. The van der Waals surface area contributed by atoms with E-state index in [4.69, 9.17) is 11.6 Å². The molecule has 23 heavy (non-hydrogen) atoms. The maximum atomic E-state index is 13.4. The minimum absolute atomic E-state index is 0.291. The molecular weight excluding hydrogens is 390 g/mol. The molecule has 3 rings (SSSR count). The van der Waals surface area contributed by atoms with Crippen LogP contribution in [0.25, 0.3) is 16.9 Å². The molecule has 0 unspecified atom stereocenters. The average molecular weight is 398 g/mol. The maximum absolute atomic E-state index is 13.4. The van der Waals surface area contributed by atoms with Gasteiger partial charge in [-0.05, 0) is 40.2 Å². The molecule has 0 saturated heterocycles. The van der Waals surface area contributed by atoms with E-state index in [1.165, 1.54) is 10.7 Å². The maximum Gasteiger partial charge on any atom is 0.160 e. The molecule has 0 bridgehead atoms. The number of carbonyl (C=O) groups excluding carboxylic acids is 1. The predicted molar refractivity (Wildman–Crippen MR) is 87.0 cm³/mol. The van der Waals surface area contributed by atoms with E-state index in [-0.39, 0.29) is 0 Å². The third-order valence-electron chi connectivity index (χ3n) is 3.25. The Morgan fingerprint density at radius 1 is 1.09 bits per heavy atom. The van der Waals surface area contributed by atoms with Crippen LogP contribution in [0.1, 0.15) is 10.4 Å². The van der Waals surface area contributed by atoms with Gasteiger partial charge in [-0.2, -0.15) is 5.10 Å². The summed E-state index contributed by atoms with van der Waals surface area (Å²) >= 11 is 9.14. The summed E-state index contributed by atoms with van der Waals surface area (Å²) in [6.07, 6.45) is 0.650. The zero-order valence-corrected chi connectivity index (χ0v) is 13.8. The van der Waals surface area contributed by atoms with Gasteiger partial charge < -0.3 is 0 Å². The number of hydrogen-bond donors (Lipinski definition) is 0. The van der Waals surface area contributed by atoms with Crippen LogP contribution < -0.4 is 0 Å². The third-order valence-corrected chi connectivity index (χ3v) is 4.26. The molecule has 3 aromatic rings. The van der Waals surface area contributed by atoms with Gasteiger partial charge in [0.25, 0.3) is 0 Å². The average Bonchev–Trinajstić information content (AvgIpc) is 2.87. The summed E-state index contributed by atoms with van der Waals surface area (Å²) in [5.41, 5.74) is 1.68. The molecule has 0 spiro atoms. The van der Waals surface area contributed by atoms with Crippen LogP contribution in [0.15, 0.2) is 47.1 Å². The van der Waals surface area contributed by atoms with E-state index in [0.29, 0.717) is 38.4 Å². The number of carbonyl (C=O) groups is 1. The minimum atomic E-state index is -0.995.